The van der Waals surface area contributed by atoms with E-state index in [1.165, 1.54) is 25.7 Å². The van der Waals surface area contributed by atoms with Crippen molar-refractivity contribution in [2.24, 2.45) is 0 Å². The number of aliphatic hydroxyl groups is 1. The van der Waals surface area contributed by atoms with Crippen LogP contribution in [0.3, 0.4) is 0 Å². The van der Waals surface area contributed by atoms with Gasteiger partial charge in [-0.25, -0.2) is 0 Å². The van der Waals surface area contributed by atoms with Crippen molar-refractivity contribution in [3.8, 4) is 11.5 Å². The number of hydrogen-bond donors (Lipinski definition) is 1. The molecule has 1 unspecified atom stereocenters. The van der Waals surface area contributed by atoms with Gasteiger partial charge in [0.05, 0.1) is 20.3 Å². The van der Waals surface area contributed by atoms with Crippen LogP contribution in [-0.4, -0.2) is 80.7 Å². The smallest absolute Gasteiger partial charge is 0.165 e. The lowest BCUT2D eigenvalue weighted by molar-refractivity contribution is 0.00431. The number of aliphatic hydroxyl groups excluding tert-OH is 1. The Morgan fingerprint density at radius 2 is 1.78 bits per heavy atom. The predicted octanol–water partition coefficient (Wildman–Crippen LogP) is 2.14. The number of ether oxygens (including phenoxy) is 3. The Bertz CT molecular complexity index is 555. The minimum atomic E-state index is -0.529. The molecule has 0 aliphatic carbocycles. The van der Waals surface area contributed by atoms with Crippen LogP contribution >= 0.6 is 0 Å². The lowest BCUT2D eigenvalue weighted by Crippen LogP contribution is -2.42. The number of morpholine rings is 1. The highest BCUT2D eigenvalue weighted by molar-refractivity contribution is 5.46. The second-order valence-electron chi connectivity index (χ2n) is 7.52. The average Bonchev–Trinajstić information content (AvgIpc) is 2.96. The van der Waals surface area contributed by atoms with Crippen molar-refractivity contribution in [1.29, 1.82) is 0 Å². The van der Waals surface area contributed by atoms with Crippen molar-refractivity contribution in [3.05, 3.63) is 23.8 Å². The van der Waals surface area contributed by atoms with Crippen LogP contribution < -0.4 is 9.47 Å². The van der Waals surface area contributed by atoms with Gasteiger partial charge in [-0.2, -0.15) is 0 Å². The van der Waals surface area contributed by atoms with E-state index in [4.69, 9.17) is 14.2 Å². The largest absolute Gasteiger partial charge is 0.493 e. The SMILES string of the molecule is COc1cccc(CN2CCCCCC2)c1OCC(O)CN1CCOCC1. The van der Waals surface area contributed by atoms with E-state index < -0.39 is 6.10 Å². The summed E-state index contributed by atoms with van der Waals surface area (Å²) in [6.45, 7) is 7.22. The van der Waals surface area contributed by atoms with Crippen LogP contribution in [-0.2, 0) is 11.3 Å². The Morgan fingerprint density at radius 1 is 1.04 bits per heavy atom. The number of β-amino-alcohol motifs (C(OH)–C–C–N with tert-alkyl or cyclic N) is 1. The van der Waals surface area contributed by atoms with Gasteiger partial charge < -0.3 is 19.3 Å². The maximum Gasteiger partial charge on any atom is 0.165 e. The van der Waals surface area contributed by atoms with Gasteiger partial charge in [0.25, 0.3) is 0 Å². The summed E-state index contributed by atoms with van der Waals surface area (Å²) in [7, 11) is 1.67. The summed E-state index contributed by atoms with van der Waals surface area (Å²) in [5.74, 6) is 1.51. The average molecular weight is 379 g/mol. The highest BCUT2D eigenvalue weighted by Crippen LogP contribution is 2.32. The van der Waals surface area contributed by atoms with E-state index >= 15 is 0 Å². The second-order valence-corrected chi connectivity index (χ2v) is 7.52. The quantitative estimate of drug-likeness (QED) is 0.748. The first-order valence-electron chi connectivity index (χ1n) is 10.3. The molecule has 0 bridgehead atoms. The molecule has 0 amide bonds. The molecule has 0 spiro atoms. The van der Waals surface area contributed by atoms with Crippen molar-refractivity contribution >= 4 is 0 Å². The van der Waals surface area contributed by atoms with E-state index in [0.29, 0.717) is 6.54 Å². The third-order valence-electron chi connectivity index (χ3n) is 5.37. The molecule has 2 heterocycles. The van der Waals surface area contributed by atoms with Crippen LogP contribution in [0, 0.1) is 0 Å². The van der Waals surface area contributed by atoms with E-state index in [1.54, 1.807) is 7.11 Å². The van der Waals surface area contributed by atoms with Crippen LogP contribution in [0.15, 0.2) is 18.2 Å². The maximum absolute atomic E-state index is 10.4. The van der Waals surface area contributed by atoms with Crippen LogP contribution in [0.2, 0.25) is 0 Å². The molecule has 27 heavy (non-hydrogen) atoms. The zero-order valence-electron chi connectivity index (χ0n) is 16.6. The molecule has 6 heteroatoms. The molecule has 1 atom stereocenters. The molecule has 6 nitrogen and oxygen atoms in total. The fourth-order valence-corrected chi connectivity index (χ4v) is 3.86. The van der Waals surface area contributed by atoms with Gasteiger partial charge in [-0.1, -0.05) is 25.0 Å². The van der Waals surface area contributed by atoms with Crippen molar-refractivity contribution in [3.63, 3.8) is 0 Å². The van der Waals surface area contributed by atoms with Gasteiger partial charge >= 0.3 is 0 Å². The summed E-state index contributed by atoms with van der Waals surface area (Å²) in [5.41, 5.74) is 1.13. The third-order valence-corrected chi connectivity index (χ3v) is 5.37. The third kappa shape index (κ3) is 6.35. The molecular weight excluding hydrogens is 344 g/mol. The summed E-state index contributed by atoms with van der Waals surface area (Å²) in [5, 5.41) is 10.4. The highest BCUT2D eigenvalue weighted by Gasteiger charge is 2.19. The molecular formula is C21H34N2O4. The molecule has 1 aromatic rings. The lowest BCUT2D eigenvalue weighted by Gasteiger charge is -2.28. The molecule has 1 aromatic carbocycles. The topological polar surface area (TPSA) is 54.4 Å². The maximum atomic E-state index is 10.4. The number of likely N-dealkylation sites (tertiary alicyclic amines) is 1. The molecule has 2 saturated heterocycles. The first kappa shape index (κ1) is 20.4. The Kier molecular flexibility index (Phi) is 8.20. The number of benzene rings is 1. The molecule has 3 rings (SSSR count). The zero-order valence-corrected chi connectivity index (χ0v) is 16.6. The number of para-hydroxylation sites is 1. The lowest BCUT2D eigenvalue weighted by atomic mass is 10.1. The molecule has 152 valence electrons. The highest BCUT2D eigenvalue weighted by atomic mass is 16.5. The molecule has 0 radical (unpaired) electrons. The number of hydrogen-bond acceptors (Lipinski definition) is 6. The van der Waals surface area contributed by atoms with E-state index in [2.05, 4.69) is 15.9 Å². The Morgan fingerprint density at radius 3 is 2.48 bits per heavy atom. The second kappa shape index (κ2) is 10.9. The van der Waals surface area contributed by atoms with E-state index in [1.807, 2.05) is 12.1 Å². The van der Waals surface area contributed by atoms with Crippen LogP contribution in [0.25, 0.3) is 0 Å². The Labute approximate surface area is 163 Å². The molecule has 1 N–H and O–H groups in total. The minimum Gasteiger partial charge on any atom is -0.493 e. The van der Waals surface area contributed by atoms with Gasteiger partial charge in [-0.05, 0) is 32.0 Å². The van der Waals surface area contributed by atoms with Crippen LogP contribution in [0.4, 0.5) is 0 Å². The van der Waals surface area contributed by atoms with E-state index in [-0.39, 0.29) is 6.61 Å². The Balaban J connectivity index is 1.60. The Hall–Kier alpha value is -1.34. The first-order chi connectivity index (χ1) is 13.3. The van der Waals surface area contributed by atoms with Gasteiger partial charge in [0.2, 0.25) is 0 Å². The number of methoxy groups -OCH3 is 1. The predicted molar refractivity (Wildman–Crippen MR) is 105 cm³/mol. The molecule has 2 aliphatic heterocycles. The molecule has 2 aliphatic rings. The normalized spacial score (nSPS) is 20.8. The summed E-state index contributed by atoms with van der Waals surface area (Å²) in [6.07, 6.45) is 4.65. The monoisotopic (exact) mass is 378 g/mol. The van der Waals surface area contributed by atoms with E-state index in [9.17, 15) is 5.11 Å². The molecule has 0 aromatic heterocycles. The minimum absolute atomic E-state index is 0.269. The van der Waals surface area contributed by atoms with Crippen molar-refractivity contribution in [2.45, 2.75) is 38.3 Å². The van der Waals surface area contributed by atoms with Gasteiger partial charge in [0.15, 0.2) is 11.5 Å². The number of rotatable bonds is 8. The summed E-state index contributed by atoms with van der Waals surface area (Å²) in [6, 6.07) is 6.05. The fourth-order valence-electron chi connectivity index (χ4n) is 3.86. The summed E-state index contributed by atoms with van der Waals surface area (Å²) < 4.78 is 17.0. The fraction of sp³-hybridized carbons (Fsp3) is 0.714. The van der Waals surface area contributed by atoms with Gasteiger partial charge in [-0.3, -0.25) is 9.80 Å². The van der Waals surface area contributed by atoms with Crippen molar-refractivity contribution < 1.29 is 19.3 Å². The van der Waals surface area contributed by atoms with Gasteiger partial charge in [0, 0.05) is 31.7 Å². The van der Waals surface area contributed by atoms with Crippen molar-refractivity contribution in [1.82, 2.24) is 9.80 Å². The zero-order chi connectivity index (χ0) is 18.9. The van der Waals surface area contributed by atoms with Crippen LogP contribution in [0.1, 0.15) is 31.2 Å². The summed E-state index contributed by atoms with van der Waals surface area (Å²) in [4.78, 5) is 4.72. The summed E-state index contributed by atoms with van der Waals surface area (Å²) >= 11 is 0. The van der Waals surface area contributed by atoms with E-state index in [0.717, 1.165) is 63.0 Å². The van der Waals surface area contributed by atoms with Gasteiger partial charge in [-0.15, -0.1) is 0 Å². The van der Waals surface area contributed by atoms with Gasteiger partial charge in [0.1, 0.15) is 12.7 Å². The molecule has 2 fully saturated rings. The molecule has 0 saturated carbocycles. The standard InChI is InChI=1S/C21H34N2O4/c1-25-20-8-6-7-18(15-22-9-4-2-3-5-10-22)21(20)27-17-19(24)16-23-11-13-26-14-12-23/h6-8,19,24H,2-5,9-17H2,1H3. The first-order valence-corrected chi connectivity index (χ1v) is 10.3. The van der Waals surface area contributed by atoms with Crippen LogP contribution in [0.5, 0.6) is 11.5 Å². The number of nitrogens with zero attached hydrogens (tertiary/aromatic N) is 2. The van der Waals surface area contributed by atoms with Crippen molar-refractivity contribution in [2.75, 3.05) is 59.7 Å².